The number of carboxylic acids is 2. The molecule has 1 atom stereocenters. The van der Waals surface area contributed by atoms with Crippen LogP contribution in [0.5, 0.6) is 5.75 Å². The average molecular weight is 267 g/mol. The van der Waals surface area contributed by atoms with Gasteiger partial charge in [0.25, 0.3) is 0 Å². The number of carboxylic acid groups (broad SMARTS) is 2. The van der Waals surface area contributed by atoms with Gasteiger partial charge in [0.15, 0.2) is 5.71 Å². The number of nitrogens with zero attached hydrogens (tertiary/aromatic N) is 1. The molecular weight excluding hydrogens is 254 g/mol. The van der Waals surface area contributed by atoms with Crippen molar-refractivity contribution in [3.05, 3.63) is 29.8 Å². The molecule has 0 amide bonds. The van der Waals surface area contributed by atoms with E-state index in [1.165, 1.54) is 19.2 Å². The molecule has 102 valence electrons. The molecule has 3 N–H and O–H groups in total. The van der Waals surface area contributed by atoms with Crippen LogP contribution in [-0.2, 0) is 9.59 Å². The number of hydrogen-bond donors (Lipinski definition) is 3. The fourth-order valence-corrected chi connectivity index (χ4v) is 1.64. The van der Waals surface area contributed by atoms with Crippen LogP contribution in [0.4, 0.5) is 0 Å². The first-order valence-electron chi connectivity index (χ1n) is 5.30. The zero-order chi connectivity index (χ0) is 14.4. The molecule has 0 bridgehead atoms. The van der Waals surface area contributed by atoms with Crippen LogP contribution >= 0.6 is 0 Å². The second-order valence-electron chi connectivity index (χ2n) is 3.71. The van der Waals surface area contributed by atoms with Crippen molar-refractivity contribution < 1.29 is 29.7 Å². The third-order valence-electron chi connectivity index (χ3n) is 2.55. The number of hydrogen-bond acceptors (Lipinski definition) is 5. The summed E-state index contributed by atoms with van der Waals surface area (Å²) in [5.41, 5.74) is -0.203. The molecule has 0 saturated heterocycles. The van der Waals surface area contributed by atoms with Crippen molar-refractivity contribution in [3.63, 3.8) is 0 Å². The Labute approximate surface area is 108 Å². The molecule has 1 rings (SSSR count). The van der Waals surface area contributed by atoms with Crippen LogP contribution < -0.4 is 4.74 Å². The number of methoxy groups -OCH3 is 1. The molecule has 0 spiro atoms. The Morgan fingerprint density at radius 2 is 1.84 bits per heavy atom. The van der Waals surface area contributed by atoms with Crippen LogP contribution in [0.25, 0.3) is 0 Å². The Balaban J connectivity index is 3.15. The third-order valence-corrected chi connectivity index (χ3v) is 2.55. The Morgan fingerprint density at radius 3 is 2.21 bits per heavy atom. The molecule has 0 fully saturated rings. The largest absolute Gasteiger partial charge is 0.497 e. The van der Waals surface area contributed by atoms with Gasteiger partial charge in [0, 0.05) is 5.92 Å². The van der Waals surface area contributed by atoms with Crippen molar-refractivity contribution in [2.75, 3.05) is 7.11 Å². The van der Waals surface area contributed by atoms with Crippen LogP contribution in [0.3, 0.4) is 0 Å². The molecule has 0 heterocycles. The minimum absolute atomic E-state index is 0.415. The fraction of sp³-hybridized carbons (Fsp3) is 0.250. The Morgan fingerprint density at radius 1 is 1.26 bits per heavy atom. The smallest absolute Gasteiger partial charge is 0.354 e. The second-order valence-corrected chi connectivity index (χ2v) is 3.71. The molecule has 1 unspecified atom stereocenters. The summed E-state index contributed by atoms with van der Waals surface area (Å²) in [6.45, 7) is 0. The van der Waals surface area contributed by atoms with Gasteiger partial charge >= 0.3 is 11.9 Å². The van der Waals surface area contributed by atoms with Crippen LogP contribution in [0.15, 0.2) is 29.4 Å². The number of ether oxygens (including phenoxy) is 1. The molecule has 0 aromatic heterocycles. The van der Waals surface area contributed by atoms with Crippen molar-refractivity contribution in [2.45, 2.75) is 12.3 Å². The number of carbonyl (C=O) groups is 2. The van der Waals surface area contributed by atoms with E-state index in [1.807, 2.05) is 0 Å². The summed E-state index contributed by atoms with van der Waals surface area (Å²) in [6.07, 6.45) is -0.488. The van der Waals surface area contributed by atoms with Gasteiger partial charge in [-0.2, -0.15) is 0 Å². The standard InChI is InChI=1S/C12H13NO6/c1-19-8-4-2-7(3-5-8)9(6-10(14)15)11(13-18)12(16)17/h2-5,9,18H,6H2,1H3,(H,14,15)(H,16,17). The summed E-state index contributed by atoms with van der Waals surface area (Å²) in [4.78, 5) is 21.7. The zero-order valence-electron chi connectivity index (χ0n) is 10.1. The highest BCUT2D eigenvalue weighted by atomic mass is 16.5. The van der Waals surface area contributed by atoms with Crippen molar-refractivity contribution in [3.8, 4) is 5.75 Å². The molecule has 19 heavy (non-hydrogen) atoms. The van der Waals surface area contributed by atoms with Crippen molar-refractivity contribution in [1.82, 2.24) is 0 Å². The van der Waals surface area contributed by atoms with Crippen LogP contribution in [-0.4, -0.2) is 40.2 Å². The van der Waals surface area contributed by atoms with Gasteiger partial charge in [0.2, 0.25) is 0 Å². The van der Waals surface area contributed by atoms with Crippen molar-refractivity contribution >= 4 is 17.7 Å². The Bertz CT molecular complexity index is 493. The van der Waals surface area contributed by atoms with Gasteiger partial charge in [-0.25, -0.2) is 4.79 Å². The summed E-state index contributed by atoms with van der Waals surface area (Å²) < 4.78 is 4.95. The predicted octanol–water partition coefficient (Wildman–Crippen LogP) is 1.17. The van der Waals surface area contributed by atoms with Crippen molar-refractivity contribution in [1.29, 1.82) is 0 Å². The quantitative estimate of drug-likeness (QED) is 0.404. The van der Waals surface area contributed by atoms with E-state index in [-0.39, 0.29) is 0 Å². The van der Waals surface area contributed by atoms with Gasteiger partial charge in [-0.05, 0) is 17.7 Å². The van der Waals surface area contributed by atoms with Crippen LogP contribution in [0.1, 0.15) is 17.9 Å². The number of rotatable bonds is 6. The van der Waals surface area contributed by atoms with E-state index in [0.29, 0.717) is 11.3 Å². The molecule has 7 heteroatoms. The van der Waals surface area contributed by atoms with Gasteiger partial charge in [-0.1, -0.05) is 17.3 Å². The second kappa shape index (κ2) is 6.39. The average Bonchev–Trinajstić information content (AvgIpc) is 2.37. The van der Waals surface area contributed by atoms with Crippen LogP contribution in [0, 0.1) is 0 Å². The van der Waals surface area contributed by atoms with E-state index in [4.69, 9.17) is 20.2 Å². The molecular formula is C12H13NO6. The number of benzene rings is 1. The number of oxime groups is 1. The van der Waals surface area contributed by atoms with E-state index in [2.05, 4.69) is 5.16 Å². The summed E-state index contributed by atoms with van der Waals surface area (Å²) >= 11 is 0. The fourth-order valence-electron chi connectivity index (χ4n) is 1.64. The van der Waals surface area contributed by atoms with E-state index in [0.717, 1.165) is 0 Å². The lowest BCUT2D eigenvalue weighted by molar-refractivity contribution is -0.137. The van der Waals surface area contributed by atoms with Gasteiger partial charge in [-0.3, -0.25) is 4.79 Å². The maximum absolute atomic E-state index is 10.9. The lowest BCUT2D eigenvalue weighted by Gasteiger charge is -2.14. The summed E-state index contributed by atoms with van der Waals surface area (Å²) in [7, 11) is 1.47. The van der Waals surface area contributed by atoms with Gasteiger partial charge < -0.3 is 20.2 Å². The molecule has 0 radical (unpaired) electrons. The Hall–Kier alpha value is -2.57. The molecule has 0 aliphatic heterocycles. The first kappa shape index (κ1) is 14.5. The first-order valence-corrected chi connectivity index (χ1v) is 5.30. The van der Waals surface area contributed by atoms with Gasteiger partial charge in [-0.15, -0.1) is 0 Å². The molecule has 1 aromatic carbocycles. The lowest BCUT2D eigenvalue weighted by Crippen LogP contribution is -2.24. The van der Waals surface area contributed by atoms with Gasteiger partial charge in [0.05, 0.1) is 13.5 Å². The maximum Gasteiger partial charge on any atom is 0.354 e. The normalized spacial score (nSPS) is 12.8. The summed E-state index contributed by atoms with van der Waals surface area (Å²) in [5.74, 6) is -3.14. The van der Waals surface area contributed by atoms with Crippen LogP contribution in [0.2, 0.25) is 0 Å². The minimum atomic E-state index is -1.47. The maximum atomic E-state index is 10.9. The Kier molecular flexibility index (Phi) is 4.87. The highest BCUT2D eigenvalue weighted by Crippen LogP contribution is 2.24. The van der Waals surface area contributed by atoms with E-state index in [9.17, 15) is 9.59 Å². The molecule has 0 saturated carbocycles. The molecule has 0 aliphatic carbocycles. The highest BCUT2D eigenvalue weighted by Gasteiger charge is 2.27. The summed E-state index contributed by atoms with van der Waals surface area (Å²) in [6, 6.07) is 6.20. The third kappa shape index (κ3) is 3.70. The molecule has 7 nitrogen and oxygen atoms in total. The minimum Gasteiger partial charge on any atom is -0.497 e. The lowest BCUT2D eigenvalue weighted by atomic mass is 9.91. The predicted molar refractivity (Wildman–Crippen MR) is 64.8 cm³/mol. The van der Waals surface area contributed by atoms with E-state index in [1.54, 1.807) is 12.1 Å². The first-order chi connectivity index (χ1) is 8.99. The highest BCUT2D eigenvalue weighted by molar-refractivity contribution is 6.38. The molecule has 0 aliphatic rings. The topological polar surface area (TPSA) is 116 Å². The SMILES string of the molecule is COc1ccc(C(CC(=O)O)C(=NO)C(=O)O)cc1. The number of aliphatic carboxylic acids is 2. The van der Waals surface area contributed by atoms with E-state index < -0.39 is 30.0 Å². The monoisotopic (exact) mass is 267 g/mol. The van der Waals surface area contributed by atoms with Gasteiger partial charge in [0.1, 0.15) is 5.75 Å². The zero-order valence-corrected chi connectivity index (χ0v) is 10.1. The summed E-state index contributed by atoms with van der Waals surface area (Å²) in [5, 5.41) is 29.1. The van der Waals surface area contributed by atoms with E-state index >= 15 is 0 Å². The van der Waals surface area contributed by atoms with Crippen molar-refractivity contribution in [2.24, 2.45) is 5.16 Å². The molecule has 1 aromatic rings.